The Morgan fingerprint density at radius 3 is 2.73 bits per heavy atom. The molecule has 0 radical (unpaired) electrons. The molecule has 0 saturated carbocycles. The number of nitrogens with zero attached hydrogens (tertiary/aromatic N) is 5. The van der Waals surface area contributed by atoms with E-state index >= 15 is 0 Å². The van der Waals surface area contributed by atoms with Gasteiger partial charge in [0, 0.05) is 31.1 Å². The van der Waals surface area contributed by atoms with Crippen molar-refractivity contribution < 1.29 is 14.0 Å². The van der Waals surface area contributed by atoms with Gasteiger partial charge in [-0.1, -0.05) is 27.9 Å². The van der Waals surface area contributed by atoms with E-state index in [0.717, 1.165) is 12.8 Å². The number of fused-ring (bicyclic) bond motifs is 1. The number of likely N-dealkylation sites (tertiary alicyclic amines) is 1. The van der Waals surface area contributed by atoms with Gasteiger partial charge < -0.3 is 9.64 Å². The lowest BCUT2D eigenvalue weighted by Crippen LogP contribution is -2.42. The van der Waals surface area contributed by atoms with E-state index in [-0.39, 0.29) is 33.6 Å². The van der Waals surface area contributed by atoms with E-state index in [4.69, 9.17) is 4.74 Å². The van der Waals surface area contributed by atoms with Crippen LogP contribution in [0.1, 0.15) is 23.2 Å². The average Bonchev–Trinajstić information content (AvgIpc) is 3.36. The summed E-state index contributed by atoms with van der Waals surface area (Å²) in [5.41, 5.74) is 1.02. The minimum atomic E-state index is -0.794. The van der Waals surface area contributed by atoms with E-state index in [9.17, 15) is 14.1 Å². The molecule has 5 rings (SSSR count). The summed E-state index contributed by atoms with van der Waals surface area (Å²) in [5, 5.41) is 8.73. The van der Waals surface area contributed by atoms with E-state index < -0.39 is 5.56 Å². The van der Waals surface area contributed by atoms with Crippen molar-refractivity contribution in [3.05, 3.63) is 76.7 Å². The van der Waals surface area contributed by atoms with Crippen LogP contribution in [0.25, 0.3) is 27.8 Å². The first-order valence-electron chi connectivity index (χ1n) is 10.7. The number of methoxy groups -OCH3 is 1. The number of rotatable bonds is 4. The molecular weight excluding hydrogens is 425 g/mol. The number of ether oxygens (including phenoxy) is 1. The first-order chi connectivity index (χ1) is 16.0. The molecule has 1 atom stereocenters. The fourth-order valence-electron chi connectivity index (χ4n) is 4.17. The van der Waals surface area contributed by atoms with Gasteiger partial charge in [-0.2, -0.15) is 0 Å². The van der Waals surface area contributed by atoms with Crippen molar-refractivity contribution in [2.75, 3.05) is 20.2 Å². The molecule has 0 spiro atoms. The molecule has 1 aliphatic rings. The summed E-state index contributed by atoms with van der Waals surface area (Å²) in [7, 11) is 1.67. The summed E-state index contributed by atoms with van der Waals surface area (Å²) in [4.78, 5) is 27.3. The second kappa shape index (κ2) is 8.59. The molecule has 1 amide bonds. The van der Waals surface area contributed by atoms with E-state index in [1.54, 1.807) is 67.9 Å². The number of para-hydroxylation sites is 1. The van der Waals surface area contributed by atoms with E-state index in [2.05, 4.69) is 10.3 Å². The molecule has 1 fully saturated rings. The summed E-state index contributed by atoms with van der Waals surface area (Å²) in [5.74, 6) is -0.0396. The van der Waals surface area contributed by atoms with Crippen LogP contribution in [-0.2, 0) is 4.74 Å². The zero-order valence-electron chi connectivity index (χ0n) is 18.0. The Bertz CT molecular complexity index is 1380. The smallest absolute Gasteiger partial charge is 0.288 e. The lowest BCUT2D eigenvalue weighted by molar-refractivity contribution is 0.0269. The number of pyridine rings is 1. The molecule has 3 heterocycles. The Morgan fingerprint density at radius 1 is 1.15 bits per heavy atom. The van der Waals surface area contributed by atoms with Crippen LogP contribution in [0.4, 0.5) is 4.48 Å². The topological polar surface area (TPSA) is 82.2 Å². The standard InChI is InChI=1S/C24H22FN5O3/c1-33-19-6-4-12-28(14-19)23(31)16-8-10-18(11-9-16)29-15-21(26-27-29)20-13-17-5-2-3-7-22(17)30(25)24(20)32/h2-3,5,7-11,13,15,19H,4,6,12,14H2,1H3. The van der Waals surface area contributed by atoms with E-state index in [1.807, 2.05) is 4.90 Å². The van der Waals surface area contributed by atoms with Crippen molar-refractivity contribution >= 4 is 16.8 Å². The average molecular weight is 447 g/mol. The highest BCUT2D eigenvalue weighted by Crippen LogP contribution is 2.21. The maximum atomic E-state index is 14.5. The second-order valence-electron chi connectivity index (χ2n) is 8.05. The monoisotopic (exact) mass is 447 g/mol. The number of hydrogen-bond acceptors (Lipinski definition) is 5. The predicted octanol–water partition coefficient (Wildman–Crippen LogP) is 3.23. The predicted molar refractivity (Wildman–Crippen MR) is 121 cm³/mol. The Kier molecular flexibility index (Phi) is 5.47. The largest absolute Gasteiger partial charge is 0.380 e. The van der Waals surface area contributed by atoms with Gasteiger partial charge in [-0.3, -0.25) is 9.59 Å². The highest BCUT2D eigenvalue weighted by atomic mass is 19.2. The quantitative estimate of drug-likeness (QED) is 0.480. The number of piperidine rings is 1. The molecule has 168 valence electrons. The number of benzene rings is 2. The van der Waals surface area contributed by atoms with Gasteiger partial charge in [0.2, 0.25) is 0 Å². The first-order valence-corrected chi connectivity index (χ1v) is 10.7. The molecule has 9 heteroatoms. The van der Waals surface area contributed by atoms with Crippen LogP contribution in [0.2, 0.25) is 0 Å². The van der Waals surface area contributed by atoms with Gasteiger partial charge in [0.15, 0.2) is 0 Å². The van der Waals surface area contributed by atoms with Crippen molar-refractivity contribution in [3.8, 4) is 16.9 Å². The SMILES string of the molecule is COC1CCCN(C(=O)c2ccc(-n3cc(-c4cc5ccccc5n(F)c4=O)nn3)cc2)C1. The molecular formula is C24H22FN5O3. The number of amides is 1. The maximum absolute atomic E-state index is 14.5. The molecule has 1 saturated heterocycles. The minimum Gasteiger partial charge on any atom is -0.380 e. The number of carbonyl (C=O) groups excluding carboxylic acids is 1. The van der Waals surface area contributed by atoms with Gasteiger partial charge in [-0.05, 0) is 49.2 Å². The third-order valence-electron chi connectivity index (χ3n) is 6.00. The number of hydrogen-bond donors (Lipinski definition) is 0. The Balaban J connectivity index is 1.40. The van der Waals surface area contributed by atoms with Crippen molar-refractivity contribution in [1.82, 2.24) is 24.7 Å². The summed E-state index contributed by atoms with van der Waals surface area (Å²) in [6.45, 7) is 1.30. The summed E-state index contributed by atoms with van der Waals surface area (Å²) >= 11 is 0. The molecule has 2 aromatic heterocycles. The molecule has 4 aromatic rings. The van der Waals surface area contributed by atoms with Gasteiger partial charge >= 0.3 is 0 Å². The lowest BCUT2D eigenvalue weighted by Gasteiger charge is -2.32. The Morgan fingerprint density at radius 2 is 1.94 bits per heavy atom. The molecule has 0 bridgehead atoms. The van der Waals surface area contributed by atoms with E-state index in [0.29, 0.717) is 29.7 Å². The van der Waals surface area contributed by atoms with Gasteiger partial charge in [0.05, 0.1) is 29.1 Å². The van der Waals surface area contributed by atoms with Crippen LogP contribution >= 0.6 is 0 Å². The summed E-state index contributed by atoms with van der Waals surface area (Å²) < 4.78 is 21.4. The van der Waals surface area contributed by atoms with Crippen molar-refractivity contribution in [2.45, 2.75) is 18.9 Å². The molecule has 0 N–H and O–H groups in total. The summed E-state index contributed by atoms with van der Waals surface area (Å²) in [6.07, 6.45) is 3.51. The van der Waals surface area contributed by atoms with Crippen LogP contribution in [0.3, 0.4) is 0 Å². The maximum Gasteiger partial charge on any atom is 0.288 e. The number of carbonyl (C=O) groups is 1. The fourth-order valence-corrected chi connectivity index (χ4v) is 4.17. The molecule has 1 aliphatic heterocycles. The van der Waals surface area contributed by atoms with Gasteiger partial charge in [0.25, 0.3) is 11.5 Å². The van der Waals surface area contributed by atoms with Crippen LogP contribution in [0.5, 0.6) is 0 Å². The molecule has 0 aliphatic carbocycles. The van der Waals surface area contributed by atoms with Gasteiger partial charge in [0.1, 0.15) is 5.69 Å². The fraction of sp³-hybridized carbons (Fsp3) is 0.250. The van der Waals surface area contributed by atoms with Crippen molar-refractivity contribution in [1.29, 1.82) is 0 Å². The zero-order valence-corrected chi connectivity index (χ0v) is 18.0. The van der Waals surface area contributed by atoms with Crippen molar-refractivity contribution in [3.63, 3.8) is 0 Å². The lowest BCUT2D eigenvalue weighted by atomic mass is 10.1. The van der Waals surface area contributed by atoms with Crippen LogP contribution in [0.15, 0.2) is 65.6 Å². The second-order valence-corrected chi connectivity index (χ2v) is 8.05. The Labute approximate surface area is 188 Å². The van der Waals surface area contributed by atoms with Gasteiger partial charge in [-0.15, -0.1) is 9.89 Å². The van der Waals surface area contributed by atoms with Crippen LogP contribution in [-0.4, -0.2) is 56.9 Å². The first kappa shape index (κ1) is 21.0. The minimum absolute atomic E-state index is 0.0396. The van der Waals surface area contributed by atoms with Crippen LogP contribution in [0, 0.1) is 0 Å². The highest BCUT2D eigenvalue weighted by Gasteiger charge is 2.24. The molecule has 1 unspecified atom stereocenters. The molecule has 2 aromatic carbocycles. The summed E-state index contributed by atoms with van der Waals surface area (Å²) in [6, 6.07) is 15.3. The normalized spacial score (nSPS) is 16.3. The Hall–Kier alpha value is -3.85. The third kappa shape index (κ3) is 3.91. The number of aromatic nitrogens is 4. The third-order valence-corrected chi connectivity index (χ3v) is 6.00. The van der Waals surface area contributed by atoms with Crippen LogP contribution < -0.4 is 5.56 Å². The zero-order chi connectivity index (χ0) is 22.9. The molecule has 33 heavy (non-hydrogen) atoms. The van der Waals surface area contributed by atoms with Gasteiger partial charge in [-0.25, -0.2) is 4.68 Å². The van der Waals surface area contributed by atoms with E-state index in [1.165, 1.54) is 4.68 Å². The molecule has 8 nitrogen and oxygen atoms in total. The highest BCUT2D eigenvalue weighted by molar-refractivity contribution is 5.94. The number of halogens is 1. The van der Waals surface area contributed by atoms with Crippen molar-refractivity contribution in [2.24, 2.45) is 0 Å².